The summed E-state index contributed by atoms with van der Waals surface area (Å²) in [6.07, 6.45) is -3.96. The van der Waals surface area contributed by atoms with E-state index in [4.69, 9.17) is 29.4 Å². The van der Waals surface area contributed by atoms with E-state index in [-0.39, 0.29) is 17.9 Å². The number of benzene rings is 1. The number of ether oxygens (including phenoxy) is 7. The van der Waals surface area contributed by atoms with E-state index in [1.54, 1.807) is 27.7 Å². The Balaban J connectivity index is 2.80. The number of rotatable bonds is 10. The first kappa shape index (κ1) is 29.5. The second-order valence-corrected chi connectivity index (χ2v) is 8.13. The quantitative estimate of drug-likeness (QED) is 0.284. The second-order valence-electron chi connectivity index (χ2n) is 8.13. The maximum atomic E-state index is 12.5. The van der Waals surface area contributed by atoms with Crippen molar-refractivity contribution in [1.29, 1.82) is 0 Å². The molecule has 0 amide bonds. The molecule has 1 rings (SSSR count). The molecular formula is C23H33NO11. The van der Waals surface area contributed by atoms with E-state index >= 15 is 0 Å². The molecule has 0 aromatic heterocycles. The Hall–Kier alpha value is -3.54. The fourth-order valence-corrected chi connectivity index (χ4v) is 2.38. The molecule has 12 nitrogen and oxygen atoms in total. The van der Waals surface area contributed by atoms with Crippen LogP contribution in [0.3, 0.4) is 0 Å². The van der Waals surface area contributed by atoms with Crippen molar-refractivity contribution in [2.45, 2.75) is 71.3 Å². The lowest BCUT2D eigenvalue weighted by molar-refractivity contribution is -0.156. The summed E-state index contributed by atoms with van der Waals surface area (Å²) in [5, 5.41) is 0. The van der Waals surface area contributed by atoms with Crippen molar-refractivity contribution in [3.05, 3.63) is 23.8 Å². The van der Waals surface area contributed by atoms with Crippen LogP contribution in [0.5, 0.6) is 11.5 Å². The molecule has 0 radical (unpaired) electrons. The maximum Gasteiger partial charge on any atom is 0.513 e. The normalized spacial score (nSPS) is 13.5. The Morgan fingerprint density at radius 1 is 0.886 bits per heavy atom. The molecule has 0 saturated carbocycles. The van der Waals surface area contributed by atoms with Gasteiger partial charge in [-0.2, -0.15) is 0 Å². The van der Waals surface area contributed by atoms with Crippen LogP contribution in [0.15, 0.2) is 18.2 Å². The van der Waals surface area contributed by atoms with Crippen molar-refractivity contribution in [3.63, 3.8) is 0 Å². The average Bonchev–Trinajstić information content (AvgIpc) is 2.79. The van der Waals surface area contributed by atoms with Crippen LogP contribution in [0.4, 0.5) is 14.4 Å². The molecule has 0 unspecified atom stereocenters. The van der Waals surface area contributed by atoms with E-state index in [2.05, 4.69) is 9.47 Å². The van der Waals surface area contributed by atoms with E-state index in [1.807, 2.05) is 6.92 Å². The first-order valence-electron chi connectivity index (χ1n) is 10.8. The Morgan fingerprint density at radius 2 is 1.43 bits per heavy atom. The van der Waals surface area contributed by atoms with Crippen molar-refractivity contribution < 1.29 is 52.3 Å². The summed E-state index contributed by atoms with van der Waals surface area (Å²) in [4.78, 5) is 47.4. The van der Waals surface area contributed by atoms with E-state index in [9.17, 15) is 19.2 Å². The van der Waals surface area contributed by atoms with Gasteiger partial charge in [0.05, 0.1) is 14.2 Å². The molecule has 35 heavy (non-hydrogen) atoms. The van der Waals surface area contributed by atoms with E-state index in [0.29, 0.717) is 12.0 Å². The summed E-state index contributed by atoms with van der Waals surface area (Å²) in [5.74, 6) is -1.01. The van der Waals surface area contributed by atoms with Crippen LogP contribution in [0.2, 0.25) is 0 Å². The predicted octanol–water partition coefficient (Wildman–Crippen LogP) is 3.51. The summed E-state index contributed by atoms with van der Waals surface area (Å²) in [6, 6.07) is 3.10. The zero-order chi connectivity index (χ0) is 26.8. The zero-order valence-electron chi connectivity index (χ0n) is 20.9. The molecular weight excluding hydrogens is 466 g/mol. The first-order valence-corrected chi connectivity index (χ1v) is 10.8. The zero-order valence-corrected chi connectivity index (χ0v) is 20.9. The number of nitrogens with two attached hydrogens (primary N) is 1. The van der Waals surface area contributed by atoms with Gasteiger partial charge in [-0.15, -0.1) is 0 Å². The summed E-state index contributed by atoms with van der Waals surface area (Å²) < 4.78 is 34.5. The predicted molar refractivity (Wildman–Crippen MR) is 121 cm³/mol. The average molecular weight is 500 g/mol. The third-order valence-corrected chi connectivity index (χ3v) is 4.94. The van der Waals surface area contributed by atoms with Gasteiger partial charge in [0.25, 0.3) is 0 Å². The molecule has 0 fully saturated rings. The lowest BCUT2D eigenvalue weighted by Gasteiger charge is -2.26. The van der Waals surface area contributed by atoms with Gasteiger partial charge < -0.3 is 38.9 Å². The van der Waals surface area contributed by atoms with Gasteiger partial charge in [0.1, 0.15) is 23.9 Å². The minimum atomic E-state index is -1.10. The number of hydrogen-bond donors (Lipinski definition) is 1. The van der Waals surface area contributed by atoms with Crippen molar-refractivity contribution in [2.24, 2.45) is 5.73 Å². The highest BCUT2D eigenvalue weighted by molar-refractivity contribution is 5.76. The van der Waals surface area contributed by atoms with Crippen molar-refractivity contribution >= 4 is 24.4 Å². The largest absolute Gasteiger partial charge is 0.513 e. The van der Waals surface area contributed by atoms with Gasteiger partial charge in [0, 0.05) is 0 Å². The van der Waals surface area contributed by atoms with Crippen LogP contribution < -0.4 is 15.2 Å². The van der Waals surface area contributed by atoms with Crippen molar-refractivity contribution in [3.8, 4) is 11.5 Å². The minimum Gasteiger partial charge on any atom is -0.458 e. The number of methoxy groups -OCH3 is 2. The molecule has 0 saturated heterocycles. The number of carbonyl (C=O) groups is 4. The van der Waals surface area contributed by atoms with Crippen molar-refractivity contribution in [1.82, 2.24) is 0 Å². The van der Waals surface area contributed by atoms with Crippen LogP contribution in [-0.2, 0) is 34.9 Å². The monoisotopic (exact) mass is 499 g/mol. The molecule has 12 heteroatoms. The molecule has 1 aromatic carbocycles. The highest BCUT2D eigenvalue weighted by Gasteiger charge is 2.28. The van der Waals surface area contributed by atoms with E-state index < -0.39 is 48.3 Å². The summed E-state index contributed by atoms with van der Waals surface area (Å²) in [5.41, 5.74) is 5.75. The van der Waals surface area contributed by atoms with Gasteiger partial charge in [-0.05, 0) is 58.2 Å². The Bertz CT molecular complexity index is 899. The summed E-state index contributed by atoms with van der Waals surface area (Å²) in [6.45, 7) is 8.47. The Labute approximate surface area is 203 Å². The number of carbonyl (C=O) groups excluding carboxylic acids is 4. The highest BCUT2D eigenvalue weighted by atomic mass is 16.7. The van der Waals surface area contributed by atoms with Crippen molar-refractivity contribution in [2.75, 3.05) is 14.2 Å². The van der Waals surface area contributed by atoms with Crippen LogP contribution >= 0.6 is 0 Å². The molecule has 0 bridgehead atoms. The van der Waals surface area contributed by atoms with Gasteiger partial charge in [-0.3, -0.25) is 4.79 Å². The molecule has 1 aromatic rings. The van der Waals surface area contributed by atoms with Gasteiger partial charge in [-0.1, -0.05) is 13.0 Å². The molecule has 0 aliphatic heterocycles. The highest BCUT2D eigenvalue weighted by Crippen LogP contribution is 2.30. The fraction of sp³-hybridized carbons (Fsp3) is 0.565. The molecule has 3 atom stereocenters. The first-order chi connectivity index (χ1) is 16.3. The van der Waals surface area contributed by atoms with Crippen LogP contribution in [-0.4, -0.2) is 62.5 Å². The molecule has 0 aliphatic carbocycles. The second kappa shape index (κ2) is 13.4. The topological polar surface area (TPSA) is 159 Å². The lowest BCUT2D eigenvalue weighted by atomic mass is 10.1. The van der Waals surface area contributed by atoms with Crippen LogP contribution in [0, 0.1) is 0 Å². The number of hydrogen-bond acceptors (Lipinski definition) is 12. The Kier molecular flexibility index (Phi) is 11.3. The summed E-state index contributed by atoms with van der Waals surface area (Å²) >= 11 is 0. The molecule has 2 N–H and O–H groups in total. The summed E-state index contributed by atoms with van der Waals surface area (Å²) in [7, 11) is 2.22. The van der Waals surface area contributed by atoms with E-state index in [0.717, 1.165) is 14.2 Å². The smallest absolute Gasteiger partial charge is 0.458 e. The van der Waals surface area contributed by atoms with Gasteiger partial charge in [0.15, 0.2) is 11.5 Å². The molecule has 0 aliphatic rings. The lowest BCUT2D eigenvalue weighted by Crippen LogP contribution is -2.40. The molecule has 0 spiro atoms. The number of esters is 1. The van der Waals surface area contributed by atoms with Crippen LogP contribution in [0.1, 0.15) is 46.6 Å². The maximum absolute atomic E-state index is 12.5. The Morgan fingerprint density at radius 3 is 1.97 bits per heavy atom. The third-order valence-electron chi connectivity index (χ3n) is 4.94. The third kappa shape index (κ3) is 10.1. The van der Waals surface area contributed by atoms with Gasteiger partial charge in [0.2, 0.25) is 0 Å². The molecule has 196 valence electrons. The van der Waals surface area contributed by atoms with Gasteiger partial charge >= 0.3 is 24.4 Å². The fourth-order valence-electron chi connectivity index (χ4n) is 2.38. The van der Waals surface area contributed by atoms with E-state index in [1.165, 1.54) is 18.2 Å². The van der Waals surface area contributed by atoms with Gasteiger partial charge in [-0.25, -0.2) is 14.4 Å². The SMILES string of the molecule is CCC(C)(C)OC(=O)O[C@@H](C)[C@H](C)OC(=O)[C@@H](N)Cc1ccc(OC(=O)OC)c(OC(=O)OC)c1. The standard InChI is InChI=1S/C23H33NO11/c1-8-23(4,5)35-22(28)32-14(3)13(2)31-19(25)16(24)11-15-9-10-17(33-20(26)29-6)18(12-15)34-21(27)30-7/h9-10,12-14,16H,8,11,24H2,1-7H3/t13-,14-,16-/m0/s1. The van der Waals surface area contributed by atoms with Crippen LogP contribution in [0.25, 0.3) is 0 Å². The molecule has 0 heterocycles. The minimum absolute atomic E-state index is 0.0104.